The van der Waals surface area contributed by atoms with Crippen molar-refractivity contribution in [2.75, 3.05) is 13.1 Å². The Morgan fingerprint density at radius 2 is 1.81 bits per heavy atom. The number of nitrogens with zero attached hydrogens (tertiary/aromatic N) is 1. The van der Waals surface area contributed by atoms with Gasteiger partial charge in [0.05, 0.1) is 11.6 Å². The number of rotatable bonds is 2. The van der Waals surface area contributed by atoms with Gasteiger partial charge < -0.3 is 4.74 Å². The highest BCUT2D eigenvalue weighted by Crippen LogP contribution is 2.40. The van der Waals surface area contributed by atoms with Crippen LogP contribution in [0.25, 0.3) is 0 Å². The molecule has 0 N–H and O–H groups in total. The molecule has 1 aromatic carbocycles. The van der Waals surface area contributed by atoms with Gasteiger partial charge in [0.25, 0.3) is 0 Å². The van der Waals surface area contributed by atoms with Crippen LogP contribution in [0.4, 0.5) is 17.6 Å². The van der Waals surface area contributed by atoms with E-state index in [-0.39, 0.29) is 23.7 Å². The van der Waals surface area contributed by atoms with Crippen LogP contribution in [0.2, 0.25) is 0 Å². The van der Waals surface area contributed by atoms with E-state index in [0.717, 1.165) is 18.2 Å². The fraction of sp³-hybridized carbons (Fsp3) is 0.571. The van der Waals surface area contributed by atoms with Crippen molar-refractivity contribution < 1.29 is 22.3 Å². The van der Waals surface area contributed by atoms with E-state index in [1.54, 1.807) is 0 Å². The molecule has 0 amide bonds. The zero-order valence-corrected chi connectivity index (χ0v) is 11.2. The Morgan fingerprint density at radius 1 is 1.19 bits per heavy atom. The van der Waals surface area contributed by atoms with Gasteiger partial charge in [0, 0.05) is 13.1 Å². The van der Waals surface area contributed by atoms with Crippen LogP contribution in [0.15, 0.2) is 18.2 Å². The maximum atomic E-state index is 13.3. The molecule has 1 aromatic rings. The number of epoxide rings is 1. The maximum absolute atomic E-state index is 13.3. The van der Waals surface area contributed by atoms with Gasteiger partial charge in [0.1, 0.15) is 19.9 Å². The van der Waals surface area contributed by atoms with Gasteiger partial charge in [-0.15, -0.1) is 0 Å². The van der Waals surface area contributed by atoms with Crippen LogP contribution in [0.5, 0.6) is 0 Å². The molecule has 0 bridgehead atoms. The van der Waals surface area contributed by atoms with Gasteiger partial charge in [-0.2, -0.15) is 13.2 Å². The quantitative estimate of drug-likeness (QED) is 0.474. The Bertz CT molecular complexity index is 528. The lowest BCUT2D eigenvalue weighted by atomic mass is 9.86. The summed E-state index contributed by atoms with van der Waals surface area (Å²) < 4.78 is 57.6. The van der Waals surface area contributed by atoms with E-state index in [1.165, 1.54) is 0 Å². The van der Waals surface area contributed by atoms with Crippen molar-refractivity contribution in [2.45, 2.75) is 37.2 Å². The molecule has 2 nitrogen and oxygen atoms in total. The number of ether oxygens (including phenoxy) is 1. The fourth-order valence-corrected chi connectivity index (χ4v) is 3.00. The molecule has 3 rings (SSSR count). The van der Waals surface area contributed by atoms with E-state index < -0.39 is 17.6 Å². The third kappa shape index (κ3) is 3.08. The molecule has 7 heteroatoms. The minimum atomic E-state index is -4.46. The molecule has 2 saturated heterocycles. The fourth-order valence-electron chi connectivity index (χ4n) is 3.00. The standard InChI is InChI=1S/C14H14BF4NO/c15-12-13(21-12)20-5-3-8(4-6-20)10-7-9(16)1-2-11(10)14(17,18)19/h1-2,7-8,12-13H,3-6H2. The summed E-state index contributed by atoms with van der Waals surface area (Å²) >= 11 is 0. The second-order valence-electron chi connectivity index (χ2n) is 5.53. The molecule has 21 heavy (non-hydrogen) atoms. The number of likely N-dealkylation sites (tertiary alicyclic amines) is 1. The lowest BCUT2D eigenvalue weighted by molar-refractivity contribution is -0.138. The molecule has 0 spiro atoms. The first-order chi connectivity index (χ1) is 9.86. The highest BCUT2D eigenvalue weighted by atomic mass is 19.4. The van der Waals surface area contributed by atoms with E-state index in [9.17, 15) is 17.6 Å². The average molecular weight is 299 g/mol. The third-order valence-electron chi connectivity index (χ3n) is 4.15. The van der Waals surface area contributed by atoms with Crippen molar-refractivity contribution in [3.8, 4) is 0 Å². The predicted octanol–water partition coefficient (Wildman–Crippen LogP) is 2.87. The normalized spacial score (nSPS) is 27.8. The van der Waals surface area contributed by atoms with Crippen LogP contribution in [-0.4, -0.2) is 38.1 Å². The van der Waals surface area contributed by atoms with Crippen LogP contribution in [0.1, 0.15) is 29.9 Å². The number of piperidine rings is 1. The summed E-state index contributed by atoms with van der Waals surface area (Å²) in [6.07, 6.45) is -3.49. The van der Waals surface area contributed by atoms with Gasteiger partial charge in [-0.3, -0.25) is 4.90 Å². The molecule has 2 aliphatic heterocycles. The van der Waals surface area contributed by atoms with Crippen molar-refractivity contribution in [3.05, 3.63) is 35.1 Å². The summed E-state index contributed by atoms with van der Waals surface area (Å²) in [4.78, 5) is 2.02. The predicted molar refractivity (Wildman–Crippen MR) is 69.4 cm³/mol. The summed E-state index contributed by atoms with van der Waals surface area (Å²) in [6, 6.07) is 2.42. The maximum Gasteiger partial charge on any atom is 0.416 e. The minimum absolute atomic E-state index is 0.0585. The van der Waals surface area contributed by atoms with E-state index in [1.807, 2.05) is 4.90 Å². The van der Waals surface area contributed by atoms with Crippen LogP contribution < -0.4 is 0 Å². The molecule has 2 heterocycles. The van der Waals surface area contributed by atoms with Crippen molar-refractivity contribution in [2.24, 2.45) is 0 Å². The lowest BCUT2D eigenvalue weighted by Gasteiger charge is -2.32. The van der Waals surface area contributed by atoms with E-state index in [2.05, 4.69) is 0 Å². The van der Waals surface area contributed by atoms with Crippen molar-refractivity contribution in [1.82, 2.24) is 4.90 Å². The minimum Gasteiger partial charge on any atom is -0.364 e. The van der Waals surface area contributed by atoms with E-state index in [0.29, 0.717) is 25.9 Å². The molecular formula is C14H14BF4NO. The van der Waals surface area contributed by atoms with Crippen LogP contribution in [0.3, 0.4) is 0 Å². The largest absolute Gasteiger partial charge is 0.416 e. The molecule has 2 aliphatic rings. The third-order valence-corrected chi connectivity index (χ3v) is 4.15. The molecule has 2 unspecified atom stereocenters. The highest BCUT2D eigenvalue weighted by molar-refractivity contribution is 6.12. The molecule has 2 atom stereocenters. The zero-order chi connectivity index (χ0) is 15.2. The first kappa shape index (κ1) is 14.8. The second kappa shape index (κ2) is 5.28. The van der Waals surface area contributed by atoms with Crippen molar-refractivity contribution in [3.63, 3.8) is 0 Å². The highest BCUT2D eigenvalue weighted by Gasteiger charge is 2.41. The number of hydrogen-bond donors (Lipinski definition) is 0. The Hall–Kier alpha value is -1.08. The van der Waals surface area contributed by atoms with Crippen molar-refractivity contribution >= 4 is 7.85 Å². The number of halogens is 4. The van der Waals surface area contributed by atoms with Gasteiger partial charge in [0.2, 0.25) is 0 Å². The second-order valence-corrected chi connectivity index (χ2v) is 5.53. The topological polar surface area (TPSA) is 15.8 Å². The first-order valence-electron chi connectivity index (χ1n) is 6.88. The average Bonchev–Trinajstić information content (AvgIpc) is 3.14. The molecule has 2 radical (unpaired) electrons. The van der Waals surface area contributed by atoms with Gasteiger partial charge in [-0.05, 0) is 42.5 Å². The summed E-state index contributed by atoms with van der Waals surface area (Å²) in [5.41, 5.74) is -0.676. The number of benzene rings is 1. The Kier molecular flexibility index (Phi) is 3.73. The van der Waals surface area contributed by atoms with E-state index in [4.69, 9.17) is 12.6 Å². The number of hydrogen-bond acceptors (Lipinski definition) is 2. The van der Waals surface area contributed by atoms with Gasteiger partial charge in [-0.1, -0.05) is 0 Å². The van der Waals surface area contributed by atoms with Crippen LogP contribution in [-0.2, 0) is 10.9 Å². The molecule has 2 fully saturated rings. The summed E-state index contributed by atoms with van der Waals surface area (Å²) in [6.45, 7) is 1.22. The van der Waals surface area contributed by atoms with Gasteiger partial charge >= 0.3 is 6.18 Å². The van der Waals surface area contributed by atoms with Gasteiger partial charge in [0.15, 0.2) is 0 Å². The molecular weight excluding hydrogens is 285 g/mol. The molecule has 0 aromatic heterocycles. The van der Waals surface area contributed by atoms with Crippen molar-refractivity contribution in [1.29, 1.82) is 0 Å². The Balaban J connectivity index is 1.77. The number of alkyl halides is 3. The summed E-state index contributed by atoms with van der Waals surface area (Å²) in [5.74, 6) is -0.920. The smallest absolute Gasteiger partial charge is 0.364 e. The summed E-state index contributed by atoms with van der Waals surface area (Å²) in [7, 11) is 5.58. The van der Waals surface area contributed by atoms with E-state index >= 15 is 0 Å². The first-order valence-corrected chi connectivity index (χ1v) is 6.88. The van der Waals surface area contributed by atoms with Gasteiger partial charge in [-0.25, -0.2) is 4.39 Å². The monoisotopic (exact) mass is 299 g/mol. The molecule has 0 saturated carbocycles. The van der Waals surface area contributed by atoms with Crippen LogP contribution >= 0.6 is 0 Å². The Labute approximate surface area is 121 Å². The zero-order valence-electron chi connectivity index (χ0n) is 11.2. The SMILES string of the molecule is [B]C1OC1N1CCC(c2cc(F)ccc2C(F)(F)F)CC1. The summed E-state index contributed by atoms with van der Waals surface area (Å²) in [5, 5.41) is 0. The van der Waals surface area contributed by atoms with Crippen LogP contribution in [0, 0.1) is 5.82 Å². The lowest BCUT2D eigenvalue weighted by Crippen LogP contribution is -2.36. The molecule has 0 aliphatic carbocycles. The Morgan fingerprint density at radius 3 is 2.33 bits per heavy atom. The molecule has 112 valence electrons.